The molecule has 0 amide bonds. The highest BCUT2D eigenvalue weighted by atomic mass is 35.5. The molecule has 0 fully saturated rings. The fraction of sp³-hybridized carbons (Fsp3) is 0.684. The summed E-state index contributed by atoms with van der Waals surface area (Å²) < 4.78 is 83.2. The first-order valence-electron chi connectivity index (χ1n) is 19.4. The predicted molar refractivity (Wildman–Crippen MR) is 218 cm³/mol. The summed E-state index contributed by atoms with van der Waals surface area (Å²) in [6.45, 7) is 10.5. The molecule has 1 aliphatic rings. The van der Waals surface area contributed by atoms with Crippen LogP contribution < -0.4 is 4.72 Å². The summed E-state index contributed by atoms with van der Waals surface area (Å²) in [6.07, 6.45) is 0. The number of likely N-dealkylation sites (N-methyl/N-ethyl adjacent to an activating group) is 1. The van der Waals surface area contributed by atoms with E-state index in [1.807, 2.05) is 19.2 Å². The zero-order valence-corrected chi connectivity index (χ0v) is 35.7. The molecule has 0 saturated carbocycles. The van der Waals surface area contributed by atoms with E-state index in [1.54, 1.807) is 24.3 Å². The summed E-state index contributed by atoms with van der Waals surface area (Å²) in [7, 11) is -1.73. The second-order valence-corrected chi connectivity index (χ2v) is 15.4. The van der Waals surface area contributed by atoms with Gasteiger partial charge in [0.15, 0.2) is 0 Å². The lowest BCUT2D eigenvalue weighted by Crippen LogP contribution is -2.31. The number of nitrogens with zero attached hydrogens (tertiary/aromatic N) is 4. The third-order valence-electron chi connectivity index (χ3n) is 8.35. The Balaban J connectivity index is 1.05. The molecule has 17 nitrogen and oxygen atoms in total. The maximum absolute atomic E-state index is 13.1. The lowest BCUT2D eigenvalue weighted by Gasteiger charge is -2.33. The zero-order chi connectivity index (χ0) is 41.5. The molecule has 1 aliphatic heterocycles. The van der Waals surface area contributed by atoms with Crippen LogP contribution in [0.1, 0.15) is 22.6 Å². The number of rotatable bonds is 36. The highest BCUT2D eigenvalue weighted by Crippen LogP contribution is 2.38. The van der Waals surface area contributed by atoms with Crippen LogP contribution in [0.15, 0.2) is 46.4 Å². The molecule has 0 saturated heterocycles. The van der Waals surface area contributed by atoms with E-state index in [9.17, 15) is 8.42 Å². The summed E-state index contributed by atoms with van der Waals surface area (Å²) in [5.74, 6) is -0.0669. The van der Waals surface area contributed by atoms with Crippen molar-refractivity contribution in [2.45, 2.75) is 17.4 Å². The van der Waals surface area contributed by atoms with Crippen LogP contribution in [0.5, 0.6) is 0 Å². The van der Waals surface area contributed by atoms with Crippen molar-refractivity contribution in [1.29, 1.82) is 0 Å². The van der Waals surface area contributed by atoms with Crippen LogP contribution in [0, 0.1) is 0 Å². The lowest BCUT2D eigenvalue weighted by atomic mass is 9.85. The van der Waals surface area contributed by atoms with Gasteiger partial charge in [-0.25, -0.2) is 13.1 Å². The average molecular weight is 881 g/mol. The van der Waals surface area contributed by atoms with Crippen molar-refractivity contribution < 1.29 is 55.8 Å². The number of sulfonamides is 1. The first kappa shape index (κ1) is 50.2. The van der Waals surface area contributed by atoms with Gasteiger partial charge in [-0.1, -0.05) is 40.4 Å². The zero-order valence-electron chi connectivity index (χ0n) is 33.4. The second-order valence-electron chi connectivity index (χ2n) is 12.8. The third kappa shape index (κ3) is 21.9. The van der Waals surface area contributed by atoms with Gasteiger partial charge in [-0.05, 0) is 53.5 Å². The Kier molecular flexibility index (Phi) is 27.4. The third-order valence-corrected chi connectivity index (χ3v) is 10.4. The van der Waals surface area contributed by atoms with Crippen molar-refractivity contribution in [3.63, 3.8) is 0 Å². The van der Waals surface area contributed by atoms with Crippen molar-refractivity contribution in [2.75, 3.05) is 159 Å². The number of hydrogen-bond acceptors (Lipinski definition) is 14. The van der Waals surface area contributed by atoms with Crippen LogP contribution >= 0.6 is 23.2 Å². The molecule has 20 heteroatoms. The Bertz CT molecular complexity index is 1560. The Hall–Kier alpha value is -2.20. The van der Waals surface area contributed by atoms with Crippen LogP contribution in [0.3, 0.4) is 0 Å². The highest BCUT2D eigenvalue weighted by Gasteiger charge is 2.28. The fourth-order valence-corrected chi connectivity index (χ4v) is 7.23. The van der Waals surface area contributed by atoms with Crippen LogP contribution in [-0.2, 0) is 63.9 Å². The average Bonchev–Trinajstić information content (AvgIpc) is 3.21. The van der Waals surface area contributed by atoms with E-state index in [-0.39, 0.29) is 24.0 Å². The molecule has 328 valence electrons. The number of halogens is 2. The van der Waals surface area contributed by atoms with Crippen molar-refractivity contribution in [3.05, 3.63) is 73.6 Å². The molecule has 1 heterocycles. The molecule has 1 N–H and O–H groups in total. The monoisotopic (exact) mass is 879 g/mol. The van der Waals surface area contributed by atoms with E-state index in [0.29, 0.717) is 155 Å². The molecule has 0 aromatic heterocycles. The van der Waals surface area contributed by atoms with Gasteiger partial charge in [0.05, 0.1) is 137 Å². The van der Waals surface area contributed by atoms with Gasteiger partial charge in [-0.2, -0.15) is 0 Å². The van der Waals surface area contributed by atoms with E-state index in [2.05, 4.69) is 19.6 Å². The molecule has 1 atom stereocenters. The van der Waals surface area contributed by atoms with Gasteiger partial charge in [0, 0.05) is 47.1 Å². The molecular weight excluding hydrogens is 821 g/mol. The van der Waals surface area contributed by atoms with Gasteiger partial charge >= 0.3 is 0 Å². The molecule has 0 spiro atoms. The molecule has 1 unspecified atom stereocenters. The number of azide groups is 1. The highest BCUT2D eigenvalue weighted by molar-refractivity contribution is 7.89. The minimum atomic E-state index is -3.74. The summed E-state index contributed by atoms with van der Waals surface area (Å²) in [6, 6.07) is 10.6. The summed E-state index contributed by atoms with van der Waals surface area (Å²) in [4.78, 5) is 5.00. The van der Waals surface area contributed by atoms with Gasteiger partial charge < -0.3 is 52.3 Å². The Morgan fingerprint density at radius 2 is 1.14 bits per heavy atom. The number of fused-ring (bicyclic) bond motifs is 1. The largest absolute Gasteiger partial charge is 0.379 e. The Labute approximate surface area is 352 Å². The van der Waals surface area contributed by atoms with Crippen molar-refractivity contribution in [3.8, 4) is 0 Å². The lowest BCUT2D eigenvalue weighted by molar-refractivity contribution is -0.0262. The minimum absolute atomic E-state index is 0.0669. The normalized spacial score (nSPS) is 14.4. The fourth-order valence-electron chi connectivity index (χ4n) is 5.59. The van der Waals surface area contributed by atoms with Crippen LogP contribution in [0.4, 0.5) is 0 Å². The molecular formula is C38H59Cl2N5O12S. The molecule has 0 aliphatic carbocycles. The van der Waals surface area contributed by atoms with Crippen LogP contribution in [0.2, 0.25) is 10.0 Å². The Morgan fingerprint density at radius 3 is 1.60 bits per heavy atom. The van der Waals surface area contributed by atoms with Gasteiger partial charge in [-0.15, -0.1) is 0 Å². The quantitative estimate of drug-likeness (QED) is 0.0441. The van der Waals surface area contributed by atoms with Crippen molar-refractivity contribution >= 4 is 33.2 Å². The minimum Gasteiger partial charge on any atom is -0.379 e. The van der Waals surface area contributed by atoms with Crippen LogP contribution in [-0.4, -0.2) is 172 Å². The molecule has 0 bridgehead atoms. The van der Waals surface area contributed by atoms with Gasteiger partial charge in [0.1, 0.15) is 0 Å². The van der Waals surface area contributed by atoms with Gasteiger partial charge in [0.2, 0.25) is 10.0 Å². The number of ether oxygens (including phenoxy) is 10. The molecule has 2 aromatic carbocycles. The number of nitrogens with one attached hydrogen (secondary N) is 1. The standard InChI is InChI=1S/C38H59Cl2N5O12S/c1-45-30-36(35-28-33(39)29-38(40)37(35)31-45)32-3-2-4-34(27-32)58(46,47)43-6-8-49-10-12-51-14-16-53-18-20-55-22-24-57-26-25-56-23-21-54-19-17-52-15-13-50-11-9-48-7-5-42-44-41/h2-4,27-29,36,43H,5-26,30-31H2,1H3. The summed E-state index contributed by atoms with van der Waals surface area (Å²) >= 11 is 12.8. The van der Waals surface area contributed by atoms with Crippen LogP contribution in [0.25, 0.3) is 10.4 Å². The maximum atomic E-state index is 13.1. The van der Waals surface area contributed by atoms with E-state index in [1.165, 1.54) is 0 Å². The van der Waals surface area contributed by atoms with Crippen molar-refractivity contribution in [1.82, 2.24) is 9.62 Å². The van der Waals surface area contributed by atoms with Crippen molar-refractivity contribution in [2.24, 2.45) is 5.11 Å². The Morgan fingerprint density at radius 1 is 0.690 bits per heavy atom. The summed E-state index contributed by atoms with van der Waals surface area (Å²) in [5, 5.41) is 4.54. The number of hydrogen-bond donors (Lipinski definition) is 1. The molecule has 3 rings (SSSR count). The summed E-state index contributed by atoms with van der Waals surface area (Å²) in [5.41, 5.74) is 11.1. The van der Waals surface area contributed by atoms with E-state index in [0.717, 1.165) is 16.7 Å². The van der Waals surface area contributed by atoms with E-state index >= 15 is 0 Å². The molecule has 58 heavy (non-hydrogen) atoms. The SMILES string of the molecule is CN1Cc2c(Cl)cc(Cl)cc2C(c2cccc(S(=O)(=O)NCCOCCOCCOCCOCCOCCOCCOCCOCCOCCOCCN=[N+]=[N-])c2)C1. The smallest absolute Gasteiger partial charge is 0.240 e. The maximum Gasteiger partial charge on any atom is 0.240 e. The predicted octanol–water partition coefficient (Wildman–Crippen LogP) is 4.33. The first-order valence-corrected chi connectivity index (χ1v) is 21.6. The van der Waals surface area contributed by atoms with E-state index < -0.39 is 10.0 Å². The first-order chi connectivity index (χ1) is 28.3. The topological polar surface area (TPSA) is 190 Å². The van der Waals surface area contributed by atoms with E-state index in [4.69, 9.17) is 76.1 Å². The second kappa shape index (κ2) is 31.6. The molecule has 2 aromatic rings. The molecule has 0 radical (unpaired) electrons. The number of benzene rings is 2. The van der Waals surface area contributed by atoms with Gasteiger partial charge in [0.25, 0.3) is 0 Å². The van der Waals surface area contributed by atoms with Gasteiger partial charge in [-0.3, -0.25) is 0 Å².